The summed E-state index contributed by atoms with van der Waals surface area (Å²) >= 11 is 7.16. The van der Waals surface area contributed by atoms with Gasteiger partial charge in [-0.05, 0) is 43.5 Å². The lowest BCUT2D eigenvalue weighted by Crippen LogP contribution is -2.39. The maximum atomic E-state index is 12.8. The maximum absolute atomic E-state index is 12.8. The van der Waals surface area contributed by atoms with Gasteiger partial charge in [-0.25, -0.2) is 4.98 Å². The van der Waals surface area contributed by atoms with Gasteiger partial charge in [0, 0.05) is 28.6 Å². The van der Waals surface area contributed by atoms with Gasteiger partial charge < -0.3 is 15.5 Å². The predicted octanol–water partition coefficient (Wildman–Crippen LogP) is 3.89. The highest BCUT2D eigenvalue weighted by Crippen LogP contribution is 2.28. The number of hydrogen-bond acceptors (Lipinski definition) is 5. The van der Waals surface area contributed by atoms with Gasteiger partial charge in [0.1, 0.15) is 6.54 Å². The molecule has 1 aliphatic carbocycles. The van der Waals surface area contributed by atoms with Crippen LogP contribution >= 0.6 is 22.9 Å². The highest BCUT2D eigenvalue weighted by atomic mass is 35.5. The molecule has 3 rings (SSSR count). The smallest absolute Gasteiger partial charge is 0.254 e. The number of unbranched alkanes of at least 4 members (excludes halogenated alkanes) is 2. The molecule has 1 saturated carbocycles. The van der Waals surface area contributed by atoms with E-state index in [9.17, 15) is 14.4 Å². The van der Waals surface area contributed by atoms with Gasteiger partial charge in [0.25, 0.3) is 5.91 Å². The van der Waals surface area contributed by atoms with E-state index in [-0.39, 0.29) is 36.7 Å². The van der Waals surface area contributed by atoms with E-state index in [1.165, 1.54) is 11.3 Å². The van der Waals surface area contributed by atoms with Crippen LogP contribution in [0.15, 0.2) is 29.6 Å². The van der Waals surface area contributed by atoms with E-state index < -0.39 is 0 Å². The van der Waals surface area contributed by atoms with Crippen molar-refractivity contribution in [3.63, 3.8) is 0 Å². The van der Waals surface area contributed by atoms with Crippen molar-refractivity contribution in [1.29, 1.82) is 0 Å². The summed E-state index contributed by atoms with van der Waals surface area (Å²) in [6.45, 7) is 2.74. The van der Waals surface area contributed by atoms with Gasteiger partial charge in [-0.2, -0.15) is 0 Å². The first-order valence-electron chi connectivity index (χ1n) is 10.5. The van der Waals surface area contributed by atoms with E-state index in [1.54, 1.807) is 34.5 Å². The fraction of sp³-hybridized carbons (Fsp3) is 0.455. The molecular formula is C22H27ClN4O3S. The summed E-state index contributed by atoms with van der Waals surface area (Å²) in [7, 11) is 0. The molecule has 3 amide bonds. The van der Waals surface area contributed by atoms with Crippen molar-refractivity contribution in [2.75, 3.05) is 18.4 Å². The topological polar surface area (TPSA) is 91.4 Å². The maximum Gasteiger partial charge on any atom is 0.254 e. The van der Waals surface area contributed by atoms with Crippen LogP contribution in [0, 0.1) is 0 Å². The number of nitrogens with zero attached hydrogens (tertiary/aromatic N) is 2. The molecule has 1 aromatic heterocycles. The van der Waals surface area contributed by atoms with E-state index in [0.717, 1.165) is 32.1 Å². The SMILES string of the molecule is CCCCCNC(=O)Cc1csc(NC(=O)CN(C(=O)c2ccc(Cl)cc2)C2CC2)n1. The summed E-state index contributed by atoms with van der Waals surface area (Å²) in [5.74, 6) is -0.569. The second kappa shape index (κ2) is 11.2. The Bertz CT molecular complexity index is 912. The summed E-state index contributed by atoms with van der Waals surface area (Å²) in [6, 6.07) is 6.74. The monoisotopic (exact) mass is 462 g/mol. The van der Waals surface area contributed by atoms with Crippen molar-refractivity contribution in [2.24, 2.45) is 0 Å². The van der Waals surface area contributed by atoms with Crippen LogP contribution in [-0.4, -0.2) is 46.7 Å². The van der Waals surface area contributed by atoms with Gasteiger partial charge in [0.05, 0.1) is 12.1 Å². The fourth-order valence-corrected chi connectivity index (χ4v) is 3.95. The molecule has 1 aliphatic rings. The Hall–Kier alpha value is -2.45. The van der Waals surface area contributed by atoms with Crippen molar-refractivity contribution in [3.05, 3.63) is 45.9 Å². The third-order valence-electron chi connectivity index (χ3n) is 4.90. The van der Waals surface area contributed by atoms with E-state index in [2.05, 4.69) is 22.5 Å². The number of amides is 3. The second-order valence-electron chi connectivity index (χ2n) is 7.60. The molecule has 0 aliphatic heterocycles. The lowest BCUT2D eigenvalue weighted by Gasteiger charge is -2.21. The first kappa shape index (κ1) is 23.2. The van der Waals surface area contributed by atoms with Crippen LogP contribution in [0.3, 0.4) is 0 Å². The standard InChI is InChI=1S/C22H27ClN4O3S/c1-2-3-4-11-24-19(28)12-17-14-31-22(25-17)26-20(29)13-27(18-9-10-18)21(30)15-5-7-16(23)8-6-15/h5-8,14,18H,2-4,9-13H2,1H3,(H,24,28)(H,25,26,29). The number of hydrogen-bond donors (Lipinski definition) is 2. The largest absolute Gasteiger partial charge is 0.356 e. The highest BCUT2D eigenvalue weighted by molar-refractivity contribution is 7.13. The second-order valence-corrected chi connectivity index (χ2v) is 8.89. The Morgan fingerprint density at radius 2 is 1.90 bits per heavy atom. The Morgan fingerprint density at radius 3 is 2.58 bits per heavy atom. The van der Waals surface area contributed by atoms with Crippen LogP contribution in [0.2, 0.25) is 5.02 Å². The first-order chi connectivity index (χ1) is 15.0. The molecule has 1 fully saturated rings. The fourth-order valence-electron chi connectivity index (χ4n) is 3.10. The van der Waals surface area contributed by atoms with Crippen molar-refractivity contribution < 1.29 is 14.4 Å². The Balaban J connectivity index is 1.51. The molecule has 0 bridgehead atoms. The zero-order valence-electron chi connectivity index (χ0n) is 17.5. The summed E-state index contributed by atoms with van der Waals surface area (Å²) in [5.41, 5.74) is 1.12. The number of rotatable bonds is 11. The van der Waals surface area contributed by atoms with Gasteiger partial charge >= 0.3 is 0 Å². The zero-order valence-corrected chi connectivity index (χ0v) is 19.1. The van der Waals surface area contributed by atoms with Crippen molar-refractivity contribution in [3.8, 4) is 0 Å². The molecular weight excluding hydrogens is 436 g/mol. The van der Waals surface area contributed by atoms with E-state index in [4.69, 9.17) is 11.6 Å². The van der Waals surface area contributed by atoms with Crippen LogP contribution in [0.4, 0.5) is 5.13 Å². The van der Waals surface area contributed by atoms with Gasteiger partial charge in [-0.1, -0.05) is 31.4 Å². The molecule has 2 N–H and O–H groups in total. The number of anilines is 1. The van der Waals surface area contributed by atoms with Crippen LogP contribution in [-0.2, 0) is 16.0 Å². The first-order valence-corrected chi connectivity index (χ1v) is 11.8. The highest BCUT2D eigenvalue weighted by Gasteiger charge is 2.34. The number of carbonyl (C=O) groups is 3. The minimum Gasteiger partial charge on any atom is -0.356 e. The number of thiazole rings is 1. The van der Waals surface area contributed by atoms with E-state index >= 15 is 0 Å². The van der Waals surface area contributed by atoms with Crippen LogP contribution in [0.5, 0.6) is 0 Å². The van der Waals surface area contributed by atoms with E-state index in [1.807, 2.05) is 0 Å². The molecule has 166 valence electrons. The average Bonchev–Trinajstić information content (AvgIpc) is 3.50. The third kappa shape index (κ3) is 7.33. The minimum atomic E-state index is -0.306. The number of carbonyl (C=O) groups excluding carboxylic acids is 3. The summed E-state index contributed by atoms with van der Waals surface area (Å²) in [5, 5.41) is 8.37. The molecule has 9 heteroatoms. The van der Waals surface area contributed by atoms with Gasteiger partial charge in [0.15, 0.2) is 5.13 Å². The van der Waals surface area contributed by atoms with Gasteiger partial charge in [-0.15, -0.1) is 11.3 Å². The molecule has 0 unspecified atom stereocenters. The van der Waals surface area contributed by atoms with Gasteiger partial charge in [-0.3, -0.25) is 14.4 Å². The molecule has 7 nitrogen and oxygen atoms in total. The lowest BCUT2D eigenvalue weighted by molar-refractivity contribution is -0.120. The number of nitrogens with one attached hydrogen (secondary N) is 2. The Kier molecular flexibility index (Phi) is 8.43. The zero-order chi connectivity index (χ0) is 22.2. The van der Waals surface area contributed by atoms with Crippen LogP contribution < -0.4 is 10.6 Å². The van der Waals surface area contributed by atoms with E-state index in [0.29, 0.717) is 28.0 Å². The molecule has 0 spiro atoms. The quantitative estimate of drug-likeness (QED) is 0.495. The van der Waals surface area contributed by atoms with Crippen LogP contribution in [0.25, 0.3) is 0 Å². The summed E-state index contributed by atoms with van der Waals surface area (Å²) in [6.07, 6.45) is 5.12. The van der Waals surface area contributed by atoms with Crippen molar-refractivity contribution in [1.82, 2.24) is 15.2 Å². The Morgan fingerprint density at radius 1 is 1.16 bits per heavy atom. The number of benzene rings is 1. The molecule has 31 heavy (non-hydrogen) atoms. The van der Waals surface area contributed by atoms with Crippen molar-refractivity contribution >= 4 is 45.8 Å². The molecule has 0 radical (unpaired) electrons. The molecule has 0 saturated heterocycles. The minimum absolute atomic E-state index is 0.0427. The predicted molar refractivity (Wildman–Crippen MR) is 122 cm³/mol. The van der Waals surface area contributed by atoms with Gasteiger partial charge in [0.2, 0.25) is 11.8 Å². The van der Waals surface area contributed by atoms with Crippen LogP contribution in [0.1, 0.15) is 55.1 Å². The average molecular weight is 463 g/mol. The van der Waals surface area contributed by atoms with Crippen molar-refractivity contribution in [2.45, 2.75) is 51.5 Å². The molecule has 0 atom stereocenters. The molecule has 1 heterocycles. The summed E-state index contributed by atoms with van der Waals surface area (Å²) < 4.78 is 0. The normalized spacial score (nSPS) is 13.0. The Labute approximate surface area is 191 Å². The third-order valence-corrected chi connectivity index (χ3v) is 5.95. The molecule has 1 aromatic carbocycles. The number of halogens is 1. The number of aromatic nitrogens is 1. The molecule has 2 aromatic rings. The summed E-state index contributed by atoms with van der Waals surface area (Å²) in [4.78, 5) is 43.3. The lowest BCUT2D eigenvalue weighted by atomic mass is 10.2.